The number of aryl methyl sites for hydroxylation is 2. The maximum atomic E-state index is 14.0. The first kappa shape index (κ1) is 20.9. The van der Waals surface area contributed by atoms with Crippen molar-refractivity contribution in [2.75, 3.05) is 13.1 Å². The third-order valence-corrected chi connectivity index (χ3v) is 7.63. The van der Waals surface area contributed by atoms with E-state index < -0.39 is 23.3 Å². The van der Waals surface area contributed by atoms with Crippen LogP contribution in [0.2, 0.25) is 0 Å². The number of thiophene rings is 1. The van der Waals surface area contributed by atoms with Gasteiger partial charge in [-0.05, 0) is 49.9 Å². The number of aromatic nitrogens is 2. The van der Waals surface area contributed by atoms with Crippen molar-refractivity contribution in [3.8, 4) is 0 Å². The highest BCUT2D eigenvalue weighted by atomic mass is 32.1. The Bertz CT molecular complexity index is 1320. The van der Waals surface area contributed by atoms with Crippen molar-refractivity contribution < 1.29 is 18.4 Å². The molecular formula is C23H21F2N3O3S. The quantitative estimate of drug-likeness (QED) is 0.562. The first-order valence-electron chi connectivity index (χ1n) is 10.7. The number of benzene rings is 1. The molecule has 2 aromatic heterocycles. The van der Waals surface area contributed by atoms with Gasteiger partial charge in [-0.2, -0.15) is 0 Å². The lowest BCUT2D eigenvalue weighted by Crippen LogP contribution is -2.40. The van der Waals surface area contributed by atoms with Crippen LogP contribution in [-0.2, 0) is 13.0 Å². The van der Waals surface area contributed by atoms with Crippen molar-refractivity contribution in [3.63, 3.8) is 0 Å². The Morgan fingerprint density at radius 3 is 2.66 bits per heavy atom. The standard InChI is InChI=1S/C23H21F2N3O3S/c1-12-18-21(26-17-3-2-8-28(17)22(18)30)32-20(12)23(31)27-9-6-13(7-10-27)19(29)15-11-14(24)4-5-16(15)25/h4-5,11,13H,2-3,6-10H2,1H3. The van der Waals surface area contributed by atoms with E-state index in [9.17, 15) is 23.2 Å². The molecule has 3 aromatic rings. The second-order valence-corrected chi connectivity index (χ2v) is 9.38. The van der Waals surface area contributed by atoms with Crippen LogP contribution < -0.4 is 5.56 Å². The molecule has 0 spiro atoms. The third-order valence-electron chi connectivity index (χ3n) is 6.45. The molecule has 6 nitrogen and oxygen atoms in total. The van der Waals surface area contributed by atoms with Crippen LogP contribution in [0, 0.1) is 24.5 Å². The second kappa shape index (κ2) is 7.88. The number of hydrogen-bond donors (Lipinski definition) is 0. The van der Waals surface area contributed by atoms with Crippen molar-refractivity contribution in [2.45, 2.75) is 39.2 Å². The summed E-state index contributed by atoms with van der Waals surface area (Å²) < 4.78 is 29.1. The van der Waals surface area contributed by atoms with Crippen LogP contribution in [0.25, 0.3) is 10.2 Å². The van der Waals surface area contributed by atoms with Gasteiger partial charge in [-0.3, -0.25) is 19.0 Å². The van der Waals surface area contributed by atoms with Crippen LogP contribution in [0.4, 0.5) is 8.78 Å². The van der Waals surface area contributed by atoms with Gasteiger partial charge in [0.25, 0.3) is 11.5 Å². The summed E-state index contributed by atoms with van der Waals surface area (Å²) in [5.74, 6) is -1.70. The highest BCUT2D eigenvalue weighted by Crippen LogP contribution is 2.31. The minimum Gasteiger partial charge on any atom is -0.338 e. The Kier molecular flexibility index (Phi) is 5.16. The molecule has 0 unspecified atom stereocenters. The number of likely N-dealkylation sites (tertiary alicyclic amines) is 1. The molecule has 32 heavy (non-hydrogen) atoms. The number of halogens is 2. The molecule has 1 amide bonds. The number of ketones is 1. The van der Waals surface area contributed by atoms with Crippen molar-refractivity contribution in [1.29, 1.82) is 0 Å². The molecule has 2 aliphatic rings. The van der Waals surface area contributed by atoms with Gasteiger partial charge in [0.15, 0.2) is 5.78 Å². The molecule has 0 bridgehead atoms. The van der Waals surface area contributed by atoms with Gasteiger partial charge in [0.05, 0.1) is 15.8 Å². The fourth-order valence-corrected chi connectivity index (χ4v) is 5.83. The van der Waals surface area contributed by atoms with E-state index in [1.54, 1.807) is 16.4 Å². The van der Waals surface area contributed by atoms with E-state index in [1.165, 1.54) is 11.3 Å². The summed E-state index contributed by atoms with van der Waals surface area (Å²) in [5.41, 5.74) is 0.321. The van der Waals surface area contributed by atoms with Gasteiger partial charge < -0.3 is 4.90 Å². The zero-order chi connectivity index (χ0) is 22.6. The molecule has 166 valence electrons. The first-order chi connectivity index (χ1) is 15.3. The van der Waals surface area contributed by atoms with Gasteiger partial charge in [0.1, 0.15) is 22.3 Å². The molecule has 0 N–H and O–H groups in total. The summed E-state index contributed by atoms with van der Waals surface area (Å²) in [7, 11) is 0. The van der Waals surface area contributed by atoms with E-state index >= 15 is 0 Å². The van der Waals surface area contributed by atoms with Crippen LogP contribution in [0.15, 0.2) is 23.0 Å². The summed E-state index contributed by atoms with van der Waals surface area (Å²) in [6, 6.07) is 2.87. The van der Waals surface area contributed by atoms with Crippen LogP contribution in [-0.4, -0.2) is 39.2 Å². The summed E-state index contributed by atoms with van der Waals surface area (Å²) >= 11 is 1.24. The lowest BCUT2D eigenvalue weighted by Gasteiger charge is -2.31. The zero-order valence-electron chi connectivity index (χ0n) is 17.5. The van der Waals surface area contributed by atoms with Crippen LogP contribution in [0.1, 0.15) is 50.7 Å². The molecule has 1 saturated heterocycles. The van der Waals surface area contributed by atoms with E-state index in [-0.39, 0.29) is 17.0 Å². The molecule has 0 radical (unpaired) electrons. The van der Waals surface area contributed by atoms with Crippen LogP contribution in [0.5, 0.6) is 0 Å². The van der Waals surface area contributed by atoms with Gasteiger partial charge in [-0.15, -0.1) is 11.3 Å². The zero-order valence-corrected chi connectivity index (χ0v) is 18.3. The molecule has 9 heteroatoms. The van der Waals surface area contributed by atoms with E-state index in [2.05, 4.69) is 4.98 Å². The van der Waals surface area contributed by atoms with Crippen molar-refractivity contribution >= 4 is 33.2 Å². The average Bonchev–Trinajstić information content (AvgIpc) is 3.39. The van der Waals surface area contributed by atoms with Crippen LogP contribution >= 0.6 is 11.3 Å². The lowest BCUT2D eigenvalue weighted by atomic mass is 9.88. The monoisotopic (exact) mass is 457 g/mol. The Labute approximate surface area is 186 Å². The maximum Gasteiger partial charge on any atom is 0.264 e. The topological polar surface area (TPSA) is 72.3 Å². The molecule has 2 aliphatic heterocycles. The summed E-state index contributed by atoms with van der Waals surface area (Å²) in [4.78, 5) is 46.1. The van der Waals surface area contributed by atoms with E-state index in [1.807, 2.05) is 0 Å². The number of carbonyl (C=O) groups is 2. The number of rotatable bonds is 3. The Hall–Kier alpha value is -2.94. The van der Waals surface area contributed by atoms with Gasteiger partial charge >= 0.3 is 0 Å². The van der Waals surface area contributed by atoms with Gasteiger partial charge in [-0.25, -0.2) is 13.8 Å². The summed E-state index contributed by atoms with van der Waals surface area (Å²) in [6.45, 7) is 3.11. The maximum absolute atomic E-state index is 14.0. The summed E-state index contributed by atoms with van der Waals surface area (Å²) in [5, 5.41) is 0.510. The van der Waals surface area contributed by atoms with Gasteiger partial charge in [0, 0.05) is 32.0 Å². The smallest absolute Gasteiger partial charge is 0.264 e. The predicted octanol–water partition coefficient (Wildman–Crippen LogP) is 3.73. The highest BCUT2D eigenvalue weighted by molar-refractivity contribution is 7.20. The number of hydrogen-bond acceptors (Lipinski definition) is 5. The van der Waals surface area contributed by atoms with E-state index in [4.69, 9.17) is 0 Å². The van der Waals surface area contributed by atoms with Gasteiger partial charge in [-0.1, -0.05) is 0 Å². The minimum atomic E-state index is -0.735. The molecule has 0 saturated carbocycles. The molecular weight excluding hydrogens is 436 g/mol. The molecule has 0 aliphatic carbocycles. The largest absolute Gasteiger partial charge is 0.338 e. The van der Waals surface area contributed by atoms with Crippen molar-refractivity contribution in [3.05, 3.63) is 62.0 Å². The molecule has 4 heterocycles. The first-order valence-corrected chi connectivity index (χ1v) is 11.5. The highest BCUT2D eigenvalue weighted by Gasteiger charge is 2.32. The Morgan fingerprint density at radius 1 is 1.16 bits per heavy atom. The fourth-order valence-electron chi connectivity index (χ4n) is 4.67. The number of piperidine rings is 1. The molecule has 5 rings (SSSR count). The summed E-state index contributed by atoms with van der Waals surface area (Å²) in [6.07, 6.45) is 2.41. The van der Waals surface area contributed by atoms with E-state index in [0.717, 1.165) is 36.9 Å². The molecule has 1 aromatic carbocycles. The number of carbonyl (C=O) groups excluding carboxylic acids is 2. The lowest BCUT2D eigenvalue weighted by molar-refractivity contribution is 0.0652. The number of nitrogens with zero attached hydrogens (tertiary/aromatic N) is 3. The molecule has 1 fully saturated rings. The number of fused-ring (bicyclic) bond motifs is 2. The third kappa shape index (κ3) is 3.35. The number of amides is 1. The Balaban J connectivity index is 1.35. The normalized spacial score (nSPS) is 16.5. The van der Waals surface area contributed by atoms with Gasteiger partial charge in [0.2, 0.25) is 0 Å². The SMILES string of the molecule is Cc1c(C(=O)N2CCC(C(=O)c3cc(F)ccc3F)CC2)sc2nc3n(c(=O)c12)CCC3. The van der Waals surface area contributed by atoms with E-state index in [0.29, 0.717) is 53.1 Å². The Morgan fingerprint density at radius 2 is 1.91 bits per heavy atom. The van der Waals surface area contributed by atoms with Crippen molar-refractivity contribution in [2.24, 2.45) is 5.92 Å². The molecule has 0 atom stereocenters. The second-order valence-electron chi connectivity index (χ2n) is 8.38. The minimum absolute atomic E-state index is 0.0864. The predicted molar refractivity (Wildman–Crippen MR) is 116 cm³/mol. The van der Waals surface area contributed by atoms with Crippen LogP contribution in [0.3, 0.4) is 0 Å². The van der Waals surface area contributed by atoms with Crippen molar-refractivity contribution in [1.82, 2.24) is 14.5 Å². The fraction of sp³-hybridized carbons (Fsp3) is 0.391. The average molecular weight is 458 g/mol. The number of Topliss-reactive ketones (excluding diaryl/α,β-unsaturated/α-hetero) is 1.